The molecule has 298 valence electrons. The fourth-order valence-electron chi connectivity index (χ4n) is 9.18. The Bertz CT molecular complexity index is 1380. The molecule has 12 nitrogen and oxygen atoms in total. The SMILES string of the molecule is CC[C@H](C)[C@@H]([C@@H](CC(=O)N1CCC[C@H]1[C@H](OC)[C@@H](C)C(=O)N[C@H](C)[C@@H](O)c1ccccc1)OC)N(C)C(=O)[C@@H](NC(=O)[C@H]1N[C@H]2CC[C@H]1[C@@H]2C)C(C)C. The maximum absolute atomic E-state index is 14.3. The summed E-state index contributed by atoms with van der Waals surface area (Å²) in [6.45, 7) is 14.3. The molecule has 53 heavy (non-hydrogen) atoms. The summed E-state index contributed by atoms with van der Waals surface area (Å²) in [4.78, 5) is 59.0. The van der Waals surface area contributed by atoms with Gasteiger partial charge in [-0.3, -0.25) is 19.2 Å². The first-order valence-electron chi connectivity index (χ1n) is 19.9. The highest BCUT2D eigenvalue weighted by atomic mass is 16.5. The van der Waals surface area contributed by atoms with E-state index in [0.717, 1.165) is 25.7 Å². The molecule has 1 aromatic rings. The summed E-state index contributed by atoms with van der Waals surface area (Å²) in [5.41, 5.74) is 0.715. The number of carbonyl (C=O) groups excluding carboxylic acids is 4. The summed E-state index contributed by atoms with van der Waals surface area (Å²) in [5.74, 6) is -0.744. The van der Waals surface area contributed by atoms with E-state index >= 15 is 0 Å². The number of hydrogen-bond donors (Lipinski definition) is 4. The van der Waals surface area contributed by atoms with Crippen molar-refractivity contribution in [3.05, 3.63) is 35.9 Å². The topological polar surface area (TPSA) is 150 Å². The van der Waals surface area contributed by atoms with E-state index in [1.165, 1.54) is 0 Å². The van der Waals surface area contributed by atoms with Crippen molar-refractivity contribution < 1.29 is 33.8 Å². The molecule has 3 aliphatic rings. The van der Waals surface area contributed by atoms with E-state index in [0.29, 0.717) is 30.5 Å². The van der Waals surface area contributed by atoms with E-state index in [9.17, 15) is 24.3 Å². The molecule has 0 unspecified atom stereocenters. The van der Waals surface area contributed by atoms with Crippen LogP contribution < -0.4 is 16.0 Å². The Morgan fingerprint density at radius 1 is 1.00 bits per heavy atom. The number of likely N-dealkylation sites (tertiary alicyclic amines) is 1. The number of fused-ring (bicyclic) bond motifs is 2. The summed E-state index contributed by atoms with van der Waals surface area (Å²) in [6.07, 6.45) is 2.30. The van der Waals surface area contributed by atoms with Gasteiger partial charge in [-0.05, 0) is 61.8 Å². The first kappa shape index (κ1) is 42.7. The minimum absolute atomic E-state index is 0.00339. The molecule has 3 fully saturated rings. The number of hydrogen-bond acceptors (Lipinski definition) is 8. The smallest absolute Gasteiger partial charge is 0.245 e. The van der Waals surface area contributed by atoms with Gasteiger partial charge in [0.15, 0.2) is 0 Å². The number of carbonyl (C=O) groups is 4. The fraction of sp³-hybridized carbons (Fsp3) is 0.756. The van der Waals surface area contributed by atoms with Gasteiger partial charge in [-0.2, -0.15) is 0 Å². The summed E-state index contributed by atoms with van der Waals surface area (Å²) < 4.78 is 12.0. The van der Waals surface area contributed by atoms with Gasteiger partial charge in [-0.15, -0.1) is 0 Å². The first-order valence-corrected chi connectivity index (χ1v) is 19.9. The molecular formula is C41H67N5O7. The average molecular weight is 742 g/mol. The summed E-state index contributed by atoms with van der Waals surface area (Å²) in [7, 11) is 4.89. The van der Waals surface area contributed by atoms with Gasteiger partial charge >= 0.3 is 0 Å². The second-order valence-corrected chi connectivity index (χ2v) is 16.3. The molecule has 4 rings (SSSR count). The number of rotatable bonds is 18. The largest absolute Gasteiger partial charge is 0.386 e. The lowest BCUT2D eigenvalue weighted by Crippen LogP contribution is -2.60. The predicted octanol–water partition coefficient (Wildman–Crippen LogP) is 3.67. The monoisotopic (exact) mass is 742 g/mol. The Balaban J connectivity index is 1.44. The molecule has 2 aliphatic heterocycles. The van der Waals surface area contributed by atoms with Gasteiger partial charge < -0.3 is 40.3 Å². The van der Waals surface area contributed by atoms with E-state index in [-0.39, 0.29) is 59.9 Å². The van der Waals surface area contributed by atoms with Crippen LogP contribution in [0, 0.1) is 29.6 Å². The molecule has 1 aliphatic carbocycles. The number of aliphatic hydroxyl groups is 1. The summed E-state index contributed by atoms with van der Waals surface area (Å²) >= 11 is 0. The van der Waals surface area contributed by atoms with Crippen molar-refractivity contribution in [2.75, 3.05) is 27.8 Å². The Labute approximate surface area is 317 Å². The molecule has 2 saturated heterocycles. The molecule has 1 aromatic carbocycles. The van der Waals surface area contributed by atoms with Crippen LogP contribution in [0.2, 0.25) is 0 Å². The van der Waals surface area contributed by atoms with Crippen LogP contribution in [0.3, 0.4) is 0 Å². The highest BCUT2D eigenvalue weighted by Gasteiger charge is 2.49. The van der Waals surface area contributed by atoms with Gasteiger partial charge in [0.05, 0.1) is 54.8 Å². The lowest BCUT2D eigenvalue weighted by atomic mass is 9.89. The maximum Gasteiger partial charge on any atom is 0.245 e. The van der Waals surface area contributed by atoms with E-state index < -0.39 is 42.4 Å². The minimum atomic E-state index is -0.873. The Kier molecular flexibility index (Phi) is 15.3. The van der Waals surface area contributed by atoms with Crippen LogP contribution in [-0.4, -0.2) is 115 Å². The number of amides is 4. The number of nitrogens with zero attached hydrogens (tertiary/aromatic N) is 2. The zero-order valence-electron chi connectivity index (χ0n) is 33.7. The number of likely N-dealkylation sites (N-methyl/N-ethyl adjacent to an activating group) is 1. The van der Waals surface area contributed by atoms with Crippen LogP contribution in [0.4, 0.5) is 0 Å². The molecule has 1 saturated carbocycles. The number of ether oxygens (including phenoxy) is 2. The molecule has 0 spiro atoms. The molecule has 0 radical (unpaired) electrons. The Morgan fingerprint density at radius 2 is 1.68 bits per heavy atom. The lowest BCUT2D eigenvalue weighted by molar-refractivity contribution is -0.148. The molecule has 12 heteroatoms. The van der Waals surface area contributed by atoms with E-state index in [1.807, 2.05) is 49.1 Å². The predicted molar refractivity (Wildman–Crippen MR) is 204 cm³/mol. The normalized spacial score (nSPS) is 27.0. The van der Waals surface area contributed by atoms with Gasteiger partial charge in [-0.1, -0.05) is 78.3 Å². The van der Waals surface area contributed by atoms with Crippen LogP contribution in [0.15, 0.2) is 30.3 Å². The molecule has 4 amide bonds. The summed E-state index contributed by atoms with van der Waals surface area (Å²) in [5, 5.41) is 20.4. The van der Waals surface area contributed by atoms with Crippen molar-refractivity contribution in [3.63, 3.8) is 0 Å². The summed E-state index contributed by atoms with van der Waals surface area (Å²) in [6, 6.07) is 7.24. The van der Waals surface area contributed by atoms with Gasteiger partial charge in [0.2, 0.25) is 23.6 Å². The standard InChI is InChI=1S/C41H67N5O7/c1-11-24(4)36(45(8)41(51)34(23(2)3)44-40(50)35-29-19-20-30(43-35)25(29)5)32(52-9)22-33(47)46-21-15-18-31(46)38(53-10)26(6)39(49)42-27(7)37(48)28-16-13-12-14-17-28/h12-14,16-17,23-27,29-32,34-38,43,48H,11,15,18-22H2,1-10H3,(H,42,49)(H,44,50)/t24-,25-,26+,27+,29-,30-,31-,32+,34-,35-,36-,37+,38+/m0/s1. The first-order chi connectivity index (χ1) is 25.2. The zero-order valence-corrected chi connectivity index (χ0v) is 33.7. The zero-order chi connectivity index (χ0) is 39.1. The average Bonchev–Trinajstić information content (AvgIpc) is 3.87. The number of benzene rings is 1. The van der Waals surface area contributed by atoms with Crippen LogP contribution in [0.1, 0.15) is 98.7 Å². The van der Waals surface area contributed by atoms with Crippen molar-refractivity contribution in [2.45, 2.75) is 142 Å². The number of methoxy groups -OCH3 is 2. The lowest BCUT2D eigenvalue weighted by Gasteiger charge is -2.41. The van der Waals surface area contributed by atoms with E-state index in [4.69, 9.17) is 9.47 Å². The van der Waals surface area contributed by atoms with Crippen LogP contribution in [-0.2, 0) is 28.7 Å². The third-order valence-corrected chi connectivity index (χ3v) is 12.7. The second kappa shape index (κ2) is 19.0. The Hall–Kier alpha value is -3.06. The number of nitrogens with one attached hydrogen (secondary N) is 3. The minimum Gasteiger partial charge on any atom is -0.386 e. The number of aliphatic hydroxyl groups excluding tert-OH is 1. The van der Waals surface area contributed by atoms with Crippen molar-refractivity contribution >= 4 is 23.6 Å². The van der Waals surface area contributed by atoms with Gasteiger partial charge in [0.1, 0.15) is 6.04 Å². The number of piperidine rings is 1. The van der Waals surface area contributed by atoms with Gasteiger partial charge in [-0.25, -0.2) is 0 Å². The highest BCUT2D eigenvalue weighted by Crippen LogP contribution is 2.40. The Morgan fingerprint density at radius 3 is 2.23 bits per heavy atom. The molecular weight excluding hydrogens is 674 g/mol. The molecule has 0 aromatic heterocycles. The van der Waals surface area contributed by atoms with Crippen molar-refractivity contribution in [3.8, 4) is 0 Å². The van der Waals surface area contributed by atoms with Crippen LogP contribution in [0.5, 0.6) is 0 Å². The van der Waals surface area contributed by atoms with Crippen molar-refractivity contribution in [1.29, 1.82) is 0 Å². The fourth-order valence-corrected chi connectivity index (χ4v) is 9.18. The molecule has 4 N–H and O–H groups in total. The highest BCUT2D eigenvalue weighted by molar-refractivity contribution is 5.90. The van der Waals surface area contributed by atoms with Gasteiger partial charge in [0, 0.05) is 33.9 Å². The second-order valence-electron chi connectivity index (χ2n) is 16.3. The van der Waals surface area contributed by atoms with Crippen LogP contribution in [0.25, 0.3) is 0 Å². The third kappa shape index (κ3) is 9.61. The molecule has 13 atom stereocenters. The van der Waals surface area contributed by atoms with Crippen molar-refractivity contribution in [2.24, 2.45) is 29.6 Å². The maximum atomic E-state index is 14.3. The van der Waals surface area contributed by atoms with Gasteiger partial charge in [0.25, 0.3) is 0 Å². The molecule has 2 heterocycles. The van der Waals surface area contributed by atoms with Crippen LogP contribution >= 0.6 is 0 Å². The third-order valence-electron chi connectivity index (χ3n) is 12.7. The van der Waals surface area contributed by atoms with Crippen molar-refractivity contribution in [1.82, 2.24) is 25.8 Å². The molecule has 2 bridgehead atoms. The quantitative estimate of drug-likeness (QED) is 0.178. The van der Waals surface area contributed by atoms with E-state index in [2.05, 4.69) is 36.7 Å². The van der Waals surface area contributed by atoms with E-state index in [1.54, 1.807) is 40.0 Å².